The van der Waals surface area contributed by atoms with Gasteiger partial charge >= 0.3 is 0 Å². The van der Waals surface area contributed by atoms with Gasteiger partial charge in [-0.2, -0.15) is 0 Å². The normalized spacial score (nSPS) is 15.1. The predicted octanol–water partition coefficient (Wildman–Crippen LogP) is 7.58. The van der Waals surface area contributed by atoms with Crippen molar-refractivity contribution in [2.24, 2.45) is 0 Å². The van der Waals surface area contributed by atoms with Gasteiger partial charge in [0.1, 0.15) is 12.4 Å². The molecule has 4 rings (SSSR count). The van der Waals surface area contributed by atoms with Crippen molar-refractivity contribution < 1.29 is 14.3 Å². The van der Waals surface area contributed by atoms with Crippen LogP contribution in [0.25, 0.3) is 6.08 Å². The van der Waals surface area contributed by atoms with E-state index in [-0.39, 0.29) is 5.24 Å². The average molecular weight is 535 g/mol. The zero-order chi connectivity index (χ0) is 22.0. The Morgan fingerprint density at radius 1 is 0.968 bits per heavy atom. The molecule has 2 amide bonds. The number of rotatable bonds is 5. The second kappa shape index (κ2) is 9.49. The Hall–Kier alpha value is -2.25. The minimum absolute atomic E-state index is 0.305. The number of anilines is 1. The first-order valence-electron chi connectivity index (χ1n) is 9.11. The van der Waals surface area contributed by atoms with E-state index in [1.54, 1.807) is 42.5 Å². The van der Waals surface area contributed by atoms with Crippen LogP contribution in [0.2, 0.25) is 10.0 Å². The maximum Gasteiger partial charge on any atom is 0.298 e. The summed E-state index contributed by atoms with van der Waals surface area (Å²) in [6.45, 7) is 0.337. The zero-order valence-corrected chi connectivity index (χ0v) is 19.8. The molecule has 1 aliphatic rings. The number of nitrogens with zero attached hydrogens (tertiary/aromatic N) is 1. The van der Waals surface area contributed by atoms with E-state index in [9.17, 15) is 9.59 Å². The van der Waals surface area contributed by atoms with Gasteiger partial charge in [-0.05, 0) is 71.9 Å². The monoisotopic (exact) mass is 533 g/mol. The van der Waals surface area contributed by atoms with Gasteiger partial charge in [-0.1, -0.05) is 57.3 Å². The number of thioether (sulfide) groups is 1. The maximum atomic E-state index is 12.9. The second-order valence-corrected chi connectivity index (χ2v) is 9.38. The molecule has 0 aromatic heterocycles. The maximum absolute atomic E-state index is 12.9. The van der Waals surface area contributed by atoms with Crippen LogP contribution in [0.5, 0.6) is 5.75 Å². The lowest BCUT2D eigenvalue weighted by molar-refractivity contribution is -0.113. The smallest absolute Gasteiger partial charge is 0.298 e. The molecule has 0 bridgehead atoms. The molecule has 1 fully saturated rings. The predicted molar refractivity (Wildman–Crippen MR) is 130 cm³/mol. The van der Waals surface area contributed by atoms with Crippen LogP contribution in [0.15, 0.2) is 76.1 Å². The second-order valence-electron chi connectivity index (χ2n) is 6.59. The minimum Gasteiger partial charge on any atom is -0.488 e. The fourth-order valence-electron chi connectivity index (χ4n) is 2.95. The molecule has 0 atom stereocenters. The summed E-state index contributed by atoms with van der Waals surface area (Å²) in [4.78, 5) is 26.9. The Morgan fingerprint density at radius 2 is 1.74 bits per heavy atom. The molecule has 0 spiro atoms. The minimum atomic E-state index is -0.402. The van der Waals surface area contributed by atoms with E-state index in [0.717, 1.165) is 26.7 Å². The van der Waals surface area contributed by atoms with Crippen molar-refractivity contribution in [1.82, 2.24) is 0 Å². The van der Waals surface area contributed by atoms with E-state index in [2.05, 4.69) is 15.9 Å². The van der Waals surface area contributed by atoms with Crippen molar-refractivity contribution in [1.29, 1.82) is 0 Å². The molecular weight excluding hydrogens is 521 g/mol. The van der Waals surface area contributed by atoms with Crippen LogP contribution in [0.3, 0.4) is 0 Å². The van der Waals surface area contributed by atoms with E-state index in [1.165, 1.54) is 0 Å². The highest BCUT2D eigenvalue weighted by Gasteiger charge is 2.36. The summed E-state index contributed by atoms with van der Waals surface area (Å²) in [5.41, 5.74) is 2.08. The summed E-state index contributed by atoms with van der Waals surface area (Å²) in [6.07, 6.45) is 1.66. The number of hydrogen-bond acceptors (Lipinski definition) is 4. The molecule has 3 aromatic carbocycles. The third kappa shape index (κ3) is 5.15. The molecule has 0 unspecified atom stereocenters. The van der Waals surface area contributed by atoms with E-state index in [1.807, 2.05) is 30.3 Å². The van der Waals surface area contributed by atoms with Crippen molar-refractivity contribution in [2.45, 2.75) is 6.61 Å². The highest BCUT2D eigenvalue weighted by molar-refractivity contribution is 9.10. The number of benzene rings is 3. The first-order valence-corrected chi connectivity index (χ1v) is 11.5. The Labute approximate surface area is 201 Å². The lowest BCUT2D eigenvalue weighted by Gasteiger charge is -2.12. The van der Waals surface area contributed by atoms with E-state index >= 15 is 0 Å². The van der Waals surface area contributed by atoms with Crippen LogP contribution in [-0.2, 0) is 11.4 Å². The summed E-state index contributed by atoms with van der Waals surface area (Å²) in [6, 6.07) is 19.5. The number of carbonyl (C=O) groups excluding carboxylic acids is 2. The van der Waals surface area contributed by atoms with Gasteiger partial charge in [-0.25, -0.2) is 4.90 Å². The van der Waals surface area contributed by atoms with Crippen molar-refractivity contribution in [3.63, 3.8) is 0 Å². The number of carbonyl (C=O) groups is 2. The Bertz CT molecular complexity index is 1200. The van der Waals surface area contributed by atoms with E-state index in [4.69, 9.17) is 27.9 Å². The van der Waals surface area contributed by atoms with Gasteiger partial charge in [0.05, 0.1) is 10.6 Å². The largest absolute Gasteiger partial charge is 0.488 e. The summed E-state index contributed by atoms with van der Waals surface area (Å²) in [7, 11) is 0. The molecule has 8 heteroatoms. The average Bonchev–Trinajstić information content (AvgIpc) is 3.01. The van der Waals surface area contributed by atoms with Crippen LogP contribution in [0.4, 0.5) is 10.5 Å². The van der Waals surface area contributed by atoms with E-state index in [0.29, 0.717) is 38.6 Å². The van der Waals surface area contributed by atoms with Gasteiger partial charge < -0.3 is 4.74 Å². The molecule has 4 nitrogen and oxygen atoms in total. The van der Waals surface area contributed by atoms with Gasteiger partial charge in [0.25, 0.3) is 11.1 Å². The van der Waals surface area contributed by atoms with Gasteiger partial charge in [0.2, 0.25) is 0 Å². The first kappa shape index (κ1) is 22.0. The Kier molecular flexibility index (Phi) is 6.72. The molecule has 0 saturated carbocycles. The molecule has 1 aliphatic heterocycles. The Balaban J connectivity index is 1.60. The Morgan fingerprint density at radius 3 is 2.48 bits per heavy atom. The number of hydrogen-bond donors (Lipinski definition) is 0. The SMILES string of the molecule is O=C1SC(=Cc2cc(Br)ccc2OCc2ccc(Cl)cc2)C(=O)N1c1cccc(Cl)c1. The fourth-order valence-corrected chi connectivity index (χ4v) is 4.47. The van der Waals surface area contributed by atoms with Crippen LogP contribution in [-0.4, -0.2) is 11.1 Å². The summed E-state index contributed by atoms with van der Waals surface area (Å²) in [5.74, 6) is 0.189. The van der Waals surface area contributed by atoms with Crippen molar-refractivity contribution in [2.75, 3.05) is 4.90 Å². The highest BCUT2D eigenvalue weighted by Crippen LogP contribution is 2.38. The molecule has 3 aromatic rings. The van der Waals surface area contributed by atoms with Crippen LogP contribution in [0.1, 0.15) is 11.1 Å². The van der Waals surface area contributed by atoms with Crippen molar-refractivity contribution >= 4 is 73.8 Å². The van der Waals surface area contributed by atoms with Gasteiger partial charge in [0, 0.05) is 20.1 Å². The highest BCUT2D eigenvalue weighted by atomic mass is 79.9. The fraction of sp³-hybridized carbons (Fsp3) is 0.0435. The lowest BCUT2D eigenvalue weighted by atomic mass is 10.1. The number of amides is 2. The standard InChI is InChI=1S/C23H14BrCl2NO3S/c24-16-6-9-20(30-13-14-4-7-17(25)8-5-14)15(10-16)11-21-22(28)27(23(29)31-21)19-3-1-2-18(26)12-19/h1-12H,13H2. The summed E-state index contributed by atoms with van der Waals surface area (Å²) < 4.78 is 6.80. The third-order valence-electron chi connectivity index (χ3n) is 4.43. The van der Waals surface area contributed by atoms with Crippen LogP contribution >= 0.6 is 50.9 Å². The molecule has 1 saturated heterocycles. The molecule has 0 aliphatic carbocycles. The first-order chi connectivity index (χ1) is 14.9. The zero-order valence-electron chi connectivity index (χ0n) is 15.8. The van der Waals surface area contributed by atoms with E-state index < -0.39 is 5.91 Å². The van der Waals surface area contributed by atoms with Crippen molar-refractivity contribution in [3.05, 3.63) is 97.3 Å². The molecule has 156 valence electrons. The molecule has 0 N–H and O–H groups in total. The van der Waals surface area contributed by atoms with Gasteiger partial charge in [-0.15, -0.1) is 0 Å². The van der Waals surface area contributed by atoms with Crippen LogP contribution < -0.4 is 9.64 Å². The van der Waals surface area contributed by atoms with Gasteiger partial charge in [-0.3, -0.25) is 9.59 Å². The summed E-state index contributed by atoms with van der Waals surface area (Å²) in [5, 5.41) is 0.728. The number of imide groups is 1. The molecule has 31 heavy (non-hydrogen) atoms. The molecule has 1 heterocycles. The number of ether oxygens (including phenoxy) is 1. The quantitative estimate of drug-likeness (QED) is 0.316. The number of halogens is 3. The third-order valence-corrected chi connectivity index (χ3v) is 6.28. The molecule has 0 radical (unpaired) electrons. The topological polar surface area (TPSA) is 46.6 Å². The summed E-state index contributed by atoms with van der Waals surface area (Å²) >= 11 is 16.3. The molecular formula is C23H14BrCl2NO3S. The van der Waals surface area contributed by atoms with Gasteiger partial charge in [0.15, 0.2) is 0 Å². The van der Waals surface area contributed by atoms with Crippen molar-refractivity contribution in [3.8, 4) is 5.75 Å². The lowest BCUT2D eigenvalue weighted by Crippen LogP contribution is -2.27. The van der Waals surface area contributed by atoms with Crippen LogP contribution in [0, 0.1) is 0 Å².